The van der Waals surface area contributed by atoms with Gasteiger partial charge >= 0.3 is 0 Å². The Morgan fingerprint density at radius 2 is 1.54 bits per heavy atom. The van der Waals surface area contributed by atoms with Crippen LogP contribution in [0.15, 0.2) is 66.7 Å². The van der Waals surface area contributed by atoms with E-state index < -0.39 is 17.6 Å². The van der Waals surface area contributed by atoms with Crippen LogP contribution in [0.25, 0.3) is 0 Å². The number of methoxy groups -OCH3 is 3. The van der Waals surface area contributed by atoms with E-state index in [-0.39, 0.29) is 23.8 Å². The van der Waals surface area contributed by atoms with Crippen molar-refractivity contribution >= 4 is 5.91 Å². The van der Waals surface area contributed by atoms with E-state index in [1.54, 1.807) is 26.2 Å². The van der Waals surface area contributed by atoms with Gasteiger partial charge in [-0.15, -0.1) is 0 Å². The van der Waals surface area contributed by atoms with Crippen molar-refractivity contribution in [3.8, 4) is 11.5 Å². The number of aliphatic hydroxyl groups excluding tert-OH is 1. The van der Waals surface area contributed by atoms with E-state index in [0.717, 1.165) is 16.7 Å². The van der Waals surface area contributed by atoms with Crippen LogP contribution in [-0.4, -0.2) is 56.1 Å². The summed E-state index contributed by atoms with van der Waals surface area (Å²) in [6, 6.07) is 22.6. The summed E-state index contributed by atoms with van der Waals surface area (Å²) in [5.41, 5.74) is 5.03. The standard InChI is InChI=1S/C31H33NO5/c1-18(35-2)31-22-11-7-5-9-20(22)26(21-10-6-8-12-23(21)31)27-28(31)30(34)32(29(27)33)16-15-19-13-14-24(36-3)25(17-19)37-4/h5-14,17-18,26-29,33H,15-16H2,1-4H3/t18-,26?,27-,28+,29-,31?/m0/s1. The minimum absolute atomic E-state index is 0.00381. The summed E-state index contributed by atoms with van der Waals surface area (Å²) < 4.78 is 16.9. The number of nitrogens with zero attached hydrogens (tertiary/aromatic N) is 1. The van der Waals surface area contributed by atoms with Crippen LogP contribution < -0.4 is 9.47 Å². The second kappa shape index (κ2) is 8.89. The van der Waals surface area contributed by atoms with Crippen LogP contribution >= 0.6 is 0 Å². The first-order chi connectivity index (χ1) is 18.0. The SMILES string of the molecule is COc1ccc(CCN2C(=O)[C@H]3[C@H](C4c5ccccc5C3([C@H](C)OC)c3ccccc34)[C@@H]2O)cc1OC. The van der Waals surface area contributed by atoms with E-state index in [1.807, 2.05) is 30.3 Å². The number of hydrogen-bond acceptors (Lipinski definition) is 5. The molecule has 1 heterocycles. The van der Waals surface area contributed by atoms with Crippen molar-refractivity contribution in [3.63, 3.8) is 0 Å². The van der Waals surface area contributed by atoms with Crippen molar-refractivity contribution in [3.05, 3.63) is 94.5 Å². The third-order valence-electron chi connectivity index (χ3n) is 9.04. The molecule has 0 aromatic heterocycles. The van der Waals surface area contributed by atoms with Gasteiger partial charge in [0.25, 0.3) is 0 Å². The molecule has 7 rings (SSSR count). The number of aliphatic hydroxyl groups is 1. The maximum Gasteiger partial charge on any atom is 0.229 e. The topological polar surface area (TPSA) is 68.2 Å². The highest BCUT2D eigenvalue weighted by Gasteiger charge is 2.69. The van der Waals surface area contributed by atoms with Gasteiger partial charge in [0.05, 0.1) is 31.7 Å². The monoisotopic (exact) mass is 499 g/mol. The van der Waals surface area contributed by atoms with Crippen LogP contribution in [0.4, 0.5) is 0 Å². The minimum Gasteiger partial charge on any atom is -0.493 e. The van der Waals surface area contributed by atoms with Gasteiger partial charge in [0.1, 0.15) is 6.23 Å². The number of rotatable bonds is 7. The maximum absolute atomic E-state index is 14.3. The van der Waals surface area contributed by atoms with Crippen LogP contribution in [0, 0.1) is 11.8 Å². The van der Waals surface area contributed by atoms with Gasteiger partial charge in [-0.05, 0) is 53.3 Å². The van der Waals surface area contributed by atoms with Gasteiger partial charge in [-0.25, -0.2) is 0 Å². The first-order valence-electron chi connectivity index (χ1n) is 12.9. The maximum atomic E-state index is 14.3. The van der Waals surface area contributed by atoms with Crippen LogP contribution in [0.5, 0.6) is 11.5 Å². The van der Waals surface area contributed by atoms with E-state index in [4.69, 9.17) is 14.2 Å². The second-order valence-corrected chi connectivity index (χ2v) is 10.3. The lowest BCUT2D eigenvalue weighted by Crippen LogP contribution is -2.59. The van der Waals surface area contributed by atoms with Gasteiger partial charge in [0, 0.05) is 25.5 Å². The molecule has 1 saturated heterocycles. The van der Waals surface area contributed by atoms with Crippen molar-refractivity contribution in [2.75, 3.05) is 27.9 Å². The molecule has 192 valence electrons. The van der Waals surface area contributed by atoms with E-state index in [0.29, 0.717) is 24.5 Å². The molecule has 1 fully saturated rings. The number of benzene rings is 3. The van der Waals surface area contributed by atoms with E-state index in [2.05, 4.69) is 43.3 Å². The molecule has 2 bridgehead atoms. The zero-order valence-corrected chi connectivity index (χ0v) is 21.7. The third-order valence-corrected chi connectivity index (χ3v) is 9.04. The Bertz CT molecular complexity index is 1310. The van der Waals surface area contributed by atoms with Gasteiger partial charge in [-0.3, -0.25) is 4.79 Å². The predicted molar refractivity (Wildman–Crippen MR) is 140 cm³/mol. The molecule has 0 unspecified atom stereocenters. The van der Waals surface area contributed by atoms with Crippen LogP contribution in [0.2, 0.25) is 0 Å². The van der Waals surface area contributed by atoms with Gasteiger partial charge < -0.3 is 24.2 Å². The minimum atomic E-state index is -0.882. The summed E-state index contributed by atoms with van der Waals surface area (Å²) in [6.07, 6.45) is -0.543. The number of carbonyl (C=O) groups is 1. The lowest BCUT2D eigenvalue weighted by molar-refractivity contribution is -0.138. The van der Waals surface area contributed by atoms with Crippen molar-refractivity contribution in [2.24, 2.45) is 11.8 Å². The van der Waals surface area contributed by atoms with Gasteiger partial charge in [-0.2, -0.15) is 0 Å². The predicted octanol–water partition coefficient (Wildman–Crippen LogP) is 4.12. The summed E-state index contributed by atoms with van der Waals surface area (Å²) >= 11 is 0. The number of carbonyl (C=O) groups excluding carboxylic acids is 1. The number of amides is 1. The smallest absolute Gasteiger partial charge is 0.229 e. The number of likely N-dealkylation sites (tertiary alicyclic amines) is 1. The Balaban J connectivity index is 1.43. The summed E-state index contributed by atoms with van der Waals surface area (Å²) in [6.45, 7) is 2.47. The average molecular weight is 500 g/mol. The Labute approximate surface area is 217 Å². The fraction of sp³-hybridized carbons (Fsp3) is 0.387. The van der Waals surface area contributed by atoms with Crippen LogP contribution in [0.3, 0.4) is 0 Å². The molecule has 0 saturated carbocycles. The Hall–Kier alpha value is -3.35. The Kier molecular flexibility index (Phi) is 5.77. The lowest BCUT2D eigenvalue weighted by atomic mass is 9.45. The van der Waals surface area contributed by atoms with Gasteiger partial charge in [0.2, 0.25) is 5.91 Å². The zero-order chi connectivity index (χ0) is 25.9. The Morgan fingerprint density at radius 3 is 2.14 bits per heavy atom. The quantitative estimate of drug-likeness (QED) is 0.530. The van der Waals surface area contributed by atoms with E-state index >= 15 is 0 Å². The molecule has 0 spiro atoms. The summed E-state index contributed by atoms with van der Waals surface area (Å²) in [5, 5.41) is 11.8. The average Bonchev–Trinajstić information content (AvgIpc) is 3.20. The van der Waals surface area contributed by atoms with Crippen LogP contribution in [-0.2, 0) is 21.4 Å². The van der Waals surface area contributed by atoms with Crippen molar-refractivity contribution in [1.82, 2.24) is 4.90 Å². The molecule has 1 amide bonds. The summed E-state index contributed by atoms with van der Waals surface area (Å²) in [7, 11) is 4.94. The van der Waals surface area contributed by atoms with Crippen LogP contribution in [0.1, 0.15) is 40.7 Å². The lowest BCUT2D eigenvalue weighted by Gasteiger charge is -2.57. The van der Waals surface area contributed by atoms with Crippen molar-refractivity contribution in [1.29, 1.82) is 0 Å². The molecule has 4 aliphatic rings. The van der Waals surface area contributed by atoms with Gasteiger partial charge in [-0.1, -0.05) is 54.6 Å². The first kappa shape index (κ1) is 24.0. The molecule has 37 heavy (non-hydrogen) atoms. The molecule has 0 radical (unpaired) electrons. The largest absolute Gasteiger partial charge is 0.493 e. The summed E-state index contributed by atoms with van der Waals surface area (Å²) in [5.74, 6) is 0.609. The first-order valence-corrected chi connectivity index (χ1v) is 12.9. The Morgan fingerprint density at radius 1 is 0.919 bits per heavy atom. The van der Waals surface area contributed by atoms with Crippen molar-refractivity contribution < 1.29 is 24.1 Å². The van der Waals surface area contributed by atoms with Gasteiger partial charge in [0.15, 0.2) is 11.5 Å². The molecule has 3 aromatic carbocycles. The third kappa shape index (κ3) is 3.15. The molecule has 6 heteroatoms. The molecule has 3 aliphatic carbocycles. The fourth-order valence-corrected chi connectivity index (χ4v) is 7.47. The highest BCUT2D eigenvalue weighted by atomic mass is 16.5. The molecule has 3 aromatic rings. The highest BCUT2D eigenvalue weighted by molar-refractivity contribution is 5.88. The molecular formula is C31H33NO5. The van der Waals surface area contributed by atoms with Crippen molar-refractivity contribution in [2.45, 2.75) is 37.0 Å². The highest BCUT2D eigenvalue weighted by Crippen LogP contribution is 2.66. The zero-order valence-electron chi connectivity index (χ0n) is 21.7. The second-order valence-electron chi connectivity index (χ2n) is 10.3. The normalized spacial score (nSPS) is 27.9. The molecule has 1 aliphatic heterocycles. The fourth-order valence-electron chi connectivity index (χ4n) is 7.47. The summed E-state index contributed by atoms with van der Waals surface area (Å²) in [4.78, 5) is 16.0. The number of ether oxygens (including phenoxy) is 3. The van der Waals surface area contributed by atoms with E-state index in [1.165, 1.54) is 11.1 Å². The van der Waals surface area contributed by atoms with E-state index in [9.17, 15) is 9.90 Å². The molecule has 4 atom stereocenters. The number of hydrogen-bond donors (Lipinski definition) is 1. The molecule has 6 nitrogen and oxygen atoms in total. The molecular weight excluding hydrogens is 466 g/mol. The molecule has 1 N–H and O–H groups in total.